The molecule has 0 saturated carbocycles. The van der Waals surface area contributed by atoms with Gasteiger partial charge in [0, 0.05) is 18.0 Å². The lowest BCUT2D eigenvalue weighted by molar-refractivity contribution is -0.114. The maximum absolute atomic E-state index is 12.8. The average molecular weight is 540 g/mol. The van der Waals surface area contributed by atoms with Crippen LogP contribution in [0.4, 0.5) is 0 Å². The lowest BCUT2D eigenvalue weighted by Gasteiger charge is -2.20. The van der Waals surface area contributed by atoms with Crippen LogP contribution >= 0.6 is 11.8 Å². The fourth-order valence-corrected chi connectivity index (χ4v) is 4.77. The minimum Gasteiger partial charge on any atom is -0.493 e. The predicted molar refractivity (Wildman–Crippen MR) is 151 cm³/mol. The first-order chi connectivity index (χ1) is 18.6. The molecule has 0 saturated heterocycles. The molecule has 2 aliphatic rings. The zero-order valence-corrected chi connectivity index (χ0v) is 22.6. The van der Waals surface area contributed by atoms with E-state index in [1.807, 2.05) is 18.2 Å². The van der Waals surface area contributed by atoms with E-state index in [1.165, 1.54) is 30.0 Å². The van der Waals surface area contributed by atoms with Crippen LogP contribution in [0, 0.1) is 5.41 Å². The number of carbonyl (C=O) groups excluding carboxylic acids is 2. The number of amides is 1. The number of aliphatic imine (C=N–C) groups is 1. The number of rotatable bonds is 5. The van der Waals surface area contributed by atoms with Gasteiger partial charge >= 0.3 is 5.97 Å². The number of aromatic nitrogens is 1. The molecule has 1 aromatic heterocycles. The van der Waals surface area contributed by atoms with Crippen molar-refractivity contribution in [3.05, 3.63) is 94.8 Å². The monoisotopic (exact) mass is 539 g/mol. The molecular formula is C29H25N5O4S. The number of fused-ring (bicyclic) bond motifs is 1. The Morgan fingerprint density at radius 1 is 1.08 bits per heavy atom. The predicted octanol–water partition coefficient (Wildman–Crippen LogP) is 5.27. The molecule has 0 bridgehead atoms. The van der Waals surface area contributed by atoms with E-state index in [2.05, 4.69) is 35.8 Å². The molecule has 2 aliphatic heterocycles. The summed E-state index contributed by atoms with van der Waals surface area (Å²) in [6.45, 7) is 6.31. The van der Waals surface area contributed by atoms with Crippen LogP contribution in [0.3, 0.4) is 0 Å². The zero-order valence-electron chi connectivity index (χ0n) is 21.8. The topological polar surface area (TPSA) is 117 Å². The Morgan fingerprint density at radius 3 is 2.51 bits per heavy atom. The maximum Gasteiger partial charge on any atom is 0.343 e. The molecule has 10 heteroatoms. The Hall–Kier alpha value is -4.57. The van der Waals surface area contributed by atoms with Gasteiger partial charge in [-0.05, 0) is 70.8 Å². The molecule has 39 heavy (non-hydrogen) atoms. The van der Waals surface area contributed by atoms with E-state index in [0.29, 0.717) is 27.1 Å². The van der Waals surface area contributed by atoms with E-state index < -0.39 is 11.9 Å². The van der Waals surface area contributed by atoms with Gasteiger partial charge in [0.05, 0.1) is 18.2 Å². The average Bonchev–Trinajstić information content (AvgIpc) is 3.36. The zero-order chi connectivity index (χ0) is 27.7. The summed E-state index contributed by atoms with van der Waals surface area (Å²) in [5.74, 6) is -0.618. The third kappa shape index (κ3) is 5.37. The first kappa shape index (κ1) is 26.1. The van der Waals surface area contributed by atoms with Crippen LogP contribution in [0.25, 0.3) is 6.08 Å². The number of amidine groups is 2. The molecule has 0 atom stereocenters. The molecule has 0 spiro atoms. The number of pyridine rings is 1. The summed E-state index contributed by atoms with van der Waals surface area (Å²) >= 11 is 1.21. The number of thioether (sulfide) groups is 1. The molecule has 0 unspecified atom stereocenters. The molecule has 1 amide bonds. The number of ether oxygens (including phenoxy) is 2. The third-order valence-electron chi connectivity index (χ3n) is 6.05. The van der Waals surface area contributed by atoms with Gasteiger partial charge in [0.25, 0.3) is 5.91 Å². The number of nitrogens with zero attached hydrogens (tertiary/aromatic N) is 4. The number of esters is 1. The van der Waals surface area contributed by atoms with E-state index in [4.69, 9.17) is 14.9 Å². The third-order valence-corrected chi connectivity index (χ3v) is 7.01. The van der Waals surface area contributed by atoms with Crippen LogP contribution in [0.2, 0.25) is 0 Å². The smallest absolute Gasteiger partial charge is 0.343 e. The van der Waals surface area contributed by atoms with Gasteiger partial charge in [-0.25, -0.2) is 4.79 Å². The molecule has 196 valence electrons. The molecule has 9 nitrogen and oxygen atoms in total. The minimum absolute atomic E-state index is 0.0272. The Morgan fingerprint density at radius 2 is 1.85 bits per heavy atom. The van der Waals surface area contributed by atoms with Gasteiger partial charge in [-0.15, -0.1) is 0 Å². The van der Waals surface area contributed by atoms with Crippen LogP contribution < -0.4 is 9.47 Å². The largest absolute Gasteiger partial charge is 0.493 e. The van der Waals surface area contributed by atoms with Crippen LogP contribution in [0.1, 0.15) is 47.8 Å². The van der Waals surface area contributed by atoms with Gasteiger partial charge in [-0.3, -0.25) is 15.2 Å². The summed E-state index contributed by atoms with van der Waals surface area (Å²) in [7, 11) is 1.46. The van der Waals surface area contributed by atoms with Gasteiger partial charge in [-0.2, -0.15) is 15.1 Å². The highest BCUT2D eigenvalue weighted by atomic mass is 32.2. The van der Waals surface area contributed by atoms with E-state index in [9.17, 15) is 9.59 Å². The van der Waals surface area contributed by atoms with Gasteiger partial charge in [-0.1, -0.05) is 39.0 Å². The van der Waals surface area contributed by atoms with Crippen LogP contribution in [0.5, 0.6) is 11.5 Å². The van der Waals surface area contributed by atoms with Crippen molar-refractivity contribution in [2.45, 2.75) is 26.2 Å². The summed E-state index contributed by atoms with van der Waals surface area (Å²) in [4.78, 5) is 33.8. The molecule has 0 fully saturated rings. The lowest BCUT2D eigenvalue weighted by atomic mass is 9.87. The summed E-state index contributed by atoms with van der Waals surface area (Å²) < 4.78 is 11.0. The quantitative estimate of drug-likeness (QED) is 0.266. The Balaban J connectivity index is 1.36. The van der Waals surface area contributed by atoms with Crippen molar-refractivity contribution in [1.29, 1.82) is 5.41 Å². The number of benzene rings is 2. The minimum atomic E-state index is -0.547. The summed E-state index contributed by atoms with van der Waals surface area (Å²) in [6.07, 6.45) is 4.85. The maximum atomic E-state index is 12.8. The highest BCUT2D eigenvalue weighted by Gasteiger charge is 2.36. The summed E-state index contributed by atoms with van der Waals surface area (Å²) in [5.41, 5.74) is 2.91. The molecule has 3 aromatic rings. The number of carbonyl (C=O) groups is 2. The van der Waals surface area contributed by atoms with Crippen molar-refractivity contribution >= 4 is 45.8 Å². The van der Waals surface area contributed by atoms with Gasteiger partial charge in [0.2, 0.25) is 5.17 Å². The second-order valence-electron chi connectivity index (χ2n) is 9.79. The van der Waals surface area contributed by atoms with E-state index in [-0.39, 0.29) is 22.6 Å². The van der Waals surface area contributed by atoms with Gasteiger partial charge < -0.3 is 9.47 Å². The number of nitrogens with one attached hydrogen (secondary N) is 1. The van der Waals surface area contributed by atoms with Crippen LogP contribution in [0.15, 0.2) is 82.7 Å². The SMILES string of the molecule is COc1cc(C=C2C(=N)N3N=C(c4cccnc4)SC3=NC2=O)ccc1OC(=O)c1ccc(C(C)(C)C)cc1. The first-order valence-corrected chi connectivity index (χ1v) is 12.9. The molecule has 5 rings (SSSR count). The standard InChI is InChI=1S/C29H25N5O4S/c1-29(2,3)20-10-8-18(9-11-20)27(36)38-22-12-7-17(15-23(22)37-4)14-21-24(30)34-28(32-25(21)35)39-26(33-34)19-6-5-13-31-16-19/h5-16,30H,1-4H3. The van der Waals surface area contributed by atoms with Crippen molar-refractivity contribution in [2.75, 3.05) is 7.11 Å². The molecule has 2 aromatic carbocycles. The molecule has 3 heterocycles. The number of hydrazone groups is 1. The Kier molecular flexibility index (Phi) is 6.88. The summed E-state index contributed by atoms with van der Waals surface area (Å²) in [5, 5.41) is 15.3. The molecule has 0 radical (unpaired) electrons. The van der Waals surface area contributed by atoms with Crippen LogP contribution in [-0.2, 0) is 10.2 Å². The van der Waals surface area contributed by atoms with Crippen molar-refractivity contribution in [3.63, 3.8) is 0 Å². The van der Waals surface area contributed by atoms with E-state index >= 15 is 0 Å². The van der Waals surface area contributed by atoms with E-state index in [1.54, 1.807) is 48.8 Å². The normalized spacial score (nSPS) is 16.1. The Labute approximate surface area is 229 Å². The van der Waals surface area contributed by atoms with E-state index in [0.717, 1.165) is 11.1 Å². The van der Waals surface area contributed by atoms with Crippen molar-refractivity contribution in [3.8, 4) is 11.5 Å². The van der Waals surface area contributed by atoms with Gasteiger partial charge in [0.15, 0.2) is 17.3 Å². The van der Waals surface area contributed by atoms with Crippen LogP contribution in [-0.4, -0.2) is 45.0 Å². The lowest BCUT2D eigenvalue weighted by Crippen LogP contribution is -2.35. The highest BCUT2D eigenvalue weighted by Crippen LogP contribution is 2.33. The second kappa shape index (κ2) is 10.3. The van der Waals surface area contributed by atoms with Crippen molar-refractivity contribution in [2.24, 2.45) is 10.1 Å². The number of hydrogen-bond acceptors (Lipinski definition) is 8. The first-order valence-electron chi connectivity index (χ1n) is 12.1. The number of hydrogen-bond donors (Lipinski definition) is 1. The Bertz CT molecular complexity index is 1570. The van der Waals surface area contributed by atoms with Crippen molar-refractivity contribution < 1.29 is 19.1 Å². The fourth-order valence-electron chi connectivity index (χ4n) is 3.89. The van der Waals surface area contributed by atoms with Gasteiger partial charge in [0.1, 0.15) is 5.04 Å². The second-order valence-corrected chi connectivity index (χ2v) is 10.8. The molecule has 0 aliphatic carbocycles. The highest BCUT2D eigenvalue weighted by molar-refractivity contribution is 8.27. The van der Waals surface area contributed by atoms with Crippen molar-refractivity contribution in [1.82, 2.24) is 9.99 Å². The summed E-state index contributed by atoms with van der Waals surface area (Å²) in [6, 6.07) is 15.8. The number of methoxy groups -OCH3 is 1. The fraction of sp³-hybridized carbons (Fsp3) is 0.172. The molecular weight excluding hydrogens is 514 g/mol. The molecule has 1 N–H and O–H groups in total.